The van der Waals surface area contributed by atoms with Gasteiger partial charge in [0.2, 0.25) is 0 Å². The number of benzene rings is 2. The van der Waals surface area contributed by atoms with E-state index in [0.717, 1.165) is 38.9 Å². The van der Waals surface area contributed by atoms with E-state index in [0.29, 0.717) is 11.4 Å². The molecule has 3 heterocycles. The first kappa shape index (κ1) is 20.7. The molecule has 0 radical (unpaired) electrons. The number of hydrogen-bond acceptors (Lipinski definition) is 5. The van der Waals surface area contributed by atoms with Gasteiger partial charge in [0.15, 0.2) is 0 Å². The number of H-pyrrole nitrogens is 1. The number of fused-ring (bicyclic) bond motifs is 1. The van der Waals surface area contributed by atoms with Crippen LogP contribution in [0.3, 0.4) is 0 Å². The van der Waals surface area contributed by atoms with Crippen molar-refractivity contribution in [3.63, 3.8) is 0 Å². The molecule has 0 aliphatic rings. The molecule has 0 atom stereocenters. The van der Waals surface area contributed by atoms with Gasteiger partial charge in [-0.2, -0.15) is 0 Å². The Bertz CT molecular complexity index is 1580. The van der Waals surface area contributed by atoms with Crippen LogP contribution in [0.4, 0.5) is 11.4 Å². The third-order valence-electron chi connectivity index (χ3n) is 5.44. The summed E-state index contributed by atoms with van der Waals surface area (Å²) >= 11 is 0. The Balaban J connectivity index is 1.56. The summed E-state index contributed by atoms with van der Waals surface area (Å²) in [4.78, 5) is 12.1. The first-order valence-corrected chi connectivity index (χ1v) is 11.8. The van der Waals surface area contributed by atoms with Crippen LogP contribution in [-0.4, -0.2) is 23.4 Å². The van der Waals surface area contributed by atoms with Crippen LogP contribution in [0.5, 0.6) is 0 Å². The molecule has 0 saturated carbocycles. The third-order valence-corrected chi connectivity index (χ3v) is 6.83. The summed E-state index contributed by atoms with van der Waals surface area (Å²) in [5.74, 6) is 0. The number of pyridine rings is 2. The summed E-state index contributed by atoms with van der Waals surface area (Å²) in [7, 11) is -3.73. The lowest BCUT2D eigenvalue weighted by Gasteiger charge is -2.11. The van der Waals surface area contributed by atoms with Gasteiger partial charge in [0, 0.05) is 47.0 Å². The average molecular weight is 456 g/mol. The summed E-state index contributed by atoms with van der Waals surface area (Å²) in [6.45, 7) is 2.02. The Labute approximate surface area is 191 Å². The summed E-state index contributed by atoms with van der Waals surface area (Å²) in [6, 6.07) is 17.4. The van der Waals surface area contributed by atoms with Gasteiger partial charge in [-0.25, -0.2) is 13.4 Å². The number of nitrogen functional groups attached to an aromatic ring is 1. The van der Waals surface area contributed by atoms with E-state index in [1.807, 2.05) is 31.5 Å². The molecule has 5 rings (SSSR count). The predicted molar refractivity (Wildman–Crippen MR) is 131 cm³/mol. The highest BCUT2D eigenvalue weighted by Crippen LogP contribution is 2.34. The van der Waals surface area contributed by atoms with Gasteiger partial charge < -0.3 is 10.7 Å². The minimum Gasteiger partial charge on any atom is -0.399 e. The number of hydrogen-bond donors (Lipinski definition) is 3. The lowest BCUT2D eigenvalue weighted by molar-refractivity contribution is 0.601. The molecule has 5 aromatic rings. The van der Waals surface area contributed by atoms with E-state index >= 15 is 0 Å². The number of aromatic amines is 1. The highest BCUT2D eigenvalue weighted by molar-refractivity contribution is 7.92. The summed E-state index contributed by atoms with van der Waals surface area (Å²) < 4.78 is 28.1. The first-order chi connectivity index (χ1) is 15.9. The summed E-state index contributed by atoms with van der Waals surface area (Å²) in [5, 5.41) is 0.954. The normalized spacial score (nSPS) is 11.5. The Hall–Kier alpha value is -4.17. The molecule has 8 heteroatoms. The number of nitrogens with two attached hydrogens (primary N) is 1. The van der Waals surface area contributed by atoms with Crippen molar-refractivity contribution < 1.29 is 8.42 Å². The van der Waals surface area contributed by atoms with Crippen LogP contribution in [0.1, 0.15) is 5.56 Å². The lowest BCUT2D eigenvalue weighted by Crippen LogP contribution is -2.13. The van der Waals surface area contributed by atoms with Crippen molar-refractivity contribution in [3.05, 3.63) is 91.0 Å². The third kappa shape index (κ3) is 4.04. The van der Waals surface area contributed by atoms with Crippen LogP contribution in [0.25, 0.3) is 33.3 Å². The van der Waals surface area contributed by atoms with Gasteiger partial charge in [0.05, 0.1) is 10.6 Å². The highest BCUT2D eigenvalue weighted by Gasteiger charge is 2.15. The van der Waals surface area contributed by atoms with Crippen molar-refractivity contribution in [3.8, 4) is 22.3 Å². The van der Waals surface area contributed by atoms with Crippen molar-refractivity contribution in [1.29, 1.82) is 0 Å². The molecular weight excluding hydrogens is 434 g/mol. The molecule has 0 saturated heterocycles. The number of nitrogens with one attached hydrogen (secondary N) is 2. The van der Waals surface area contributed by atoms with Crippen molar-refractivity contribution in [2.45, 2.75) is 11.8 Å². The van der Waals surface area contributed by atoms with Crippen LogP contribution < -0.4 is 10.5 Å². The van der Waals surface area contributed by atoms with Gasteiger partial charge in [0.1, 0.15) is 5.65 Å². The van der Waals surface area contributed by atoms with Gasteiger partial charge in [-0.3, -0.25) is 9.71 Å². The highest BCUT2D eigenvalue weighted by atomic mass is 32.2. The minimum absolute atomic E-state index is 0.182. The maximum Gasteiger partial charge on any atom is 0.261 e. The molecule has 0 fully saturated rings. The molecule has 2 aromatic carbocycles. The molecule has 33 heavy (non-hydrogen) atoms. The predicted octanol–water partition coefficient (Wildman–Crippen LogP) is 4.98. The van der Waals surface area contributed by atoms with Gasteiger partial charge in [-0.05, 0) is 66.1 Å². The van der Waals surface area contributed by atoms with E-state index in [1.54, 1.807) is 60.9 Å². The van der Waals surface area contributed by atoms with Gasteiger partial charge in [-0.1, -0.05) is 18.2 Å². The van der Waals surface area contributed by atoms with E-state index in [4.69, 9.17) is 5.73 Å². The lowest BCUT2D eigenvalue weighted by atomic mass is 10.00. The van der Waals surface area contributed by atoms with Crippen LogP contribution in [0.15, 0.2) is 90.3 Å². The molecule has 0 unspecified atom stereocenters. The van der Waals surface area contributed by atoms with Gasteiger partial charge >= 0.3 is 0 Å². The SMILES string of the molecule is Cc1cnccc1-c1c[nH]c2ncc(-c3cc(N)cc(NS(=O)(=O)c4ccccc4)c3)cc12. The molecule has 164 valence electrons. The second kappa shape index (κ2) is 8.07. The maximum absolute atomic E-state index is 12.8. The van der Waals surface area contributed by atoms with E-state index in [9.17, 15) is 8.42 Å². The largest absolute Gasteiger partial charge is 0.399 e. The topological polar surface area (TPSA) is 114 Å². The van der Waals surface area contributed by atoms with Crippen molar-refractivity contribution in [2.75, 3.05) is 10.5 Å². The fourth-order valence-corrected chi connectivity index (χ4v) is 4.91. The van der Waals surface area contributed by atoms with E-state index in [1.165, 1.54) is 0 Å². The molecule has 0 amide bonds. The second-order valence-electron chi connectivity index (χ2n) is 7.78. The molecule has 7 nitrogen and oxygen atoms in total. The zero-order chi connectivity index (χ0) is 23.0. The van der Waals surface area contributed by atoms with Gasteiger partial charge in [0.25, 0.3) is 10.0 Å². The van der Waals surface area contributed by atoms with E-state index in [-0.39, 0.29) is 4.90 Å². The molecule has 3 aromatic heterocycles. The number of anilines is 2. The van der Waals surface area contributed by atoms with Crippen molar-refractivity contribution in [2.24, 2.45) is 0 Å². The Morgan fingerprint density at radius 2 is 1.76 bits per heavy atom. The molecule has 4 N–H and O–H groups in total. The quantitative estimate of drug-likeness (QED) is 0.323. The number of nitrogens with zero attached hydrogens (tertiary/aromatic N) is 2. The molecule has 0 aliphatic carbocycles. The van der Waals surface area contributed by atoms with Crippen LogP contribution in [0, 0.1) is 6.92 Å². The Kier molecular flexibility index (Phi) is 5.07. The number of rotatable bonds is 5. The van der Waals surface area contributed by atoms with E-state index in [2.05, 4.69) is 19.7 Å². The Morgan fingerprint density at radius 3 is 2.55 bits per heavy atom. The van der Waals surface area contributed by atoms with Crippen LogP contribution in [-0.2, 0) is 10.0 Å². The summed E-state index contributed by atoms with van der Waals surface area (Å²) in [6.07, 6.45) is 7.27. The molecular formula is C25H21N5O2S. The number of aryl methyl sites for hydroxylation is 1. The Morgan fingerprint density at radius 1 is 0.939 bits per heavy atom. The van der Waals surface area contributed by atoms with Crippen LogP contribution >= 0.6 is 0 Å². The standard InChI is InChI=1S/C25H21N5O2S/c1-16-13-27-8-7-22(16)24-15-29-25-23(24)11-18(14-28-25)17-9-19(26)12-20(10-17)30-33(31,32)21-5-3-2-4-6-21/h2-15,30H,26H2,1H3,(H,28,29). The van der Waals surface area contributed by atoms with Crippen LogP contribution in [0.2, 0.25) is 0 Å². The number of sulfonamides is 1. The summed E-state index contributed by atoms with van der Waals surface area (Å²) in [5.41, 5.74) is 12.4. The number of aromatic nitrogens is 3. The monoisotopic (exact) mass is 455 g/mol. The fourth-order valence-electron chi connectivity index (χ4n) is 3.85. The second-order valence-corrected chi connectivity index (χ2v) is 9.46. The maximum atomic E-state index is 12.8. The molecule has 0 bridgehead atoms. The van der Waals surface area contributed by atoms with Gasteiger partial charge in [-0.15, -0.1) is 0 Å². The fraction of sp³-hybridized carbons (Fsp3) is 0.0400. The average Bonchev–Trinajstić information content (AvgIpc) is 3.22. The smallest absolute Gasteiger partial charge is 0.261 e. The van der Waals surface area contributed by atoms with Crippen molar-refractivity contribution in [1.82, 2.24) is 15.0 Å². The zero-order valence-electron chi connectivity index (χ0n) is 17.8. The minimum atomic E-state index is -3.73. The van der Waals surface area contributed by atoms with E-state index < -0.39 is 10.0 Å². The zero-order valence-corrected chi connectivity index (χ0v) is 18.6. The first-order valence-electron chi connectivity index (χ1n) is 10.3. The van der Waals surface area contributed by atoms with Crippen molar-refractivity contribution >= 4 is 32.4 Å². The molecule has 0 aliphatic heterocycles. The molecule has 0 spiro atoms.